The SMILES string of the molecule is O=P(O)(O)OC[C@H]1O[C@@H](n2cnc3c(NCc4c(O)cccc4Cl)ncnc32)[C@H](O)[C@@H]1O. The number of halogens is 1. The predicted octanol–water partition coefficient (Wildman–Crippen LogP) is 0.526. The number of rotatable bonds is 7. The maximum absolute atomic E-state index is 10.9. The summed E-state index contributed by atoms with van der Waals surface area (Å²) in [6.07, 6.45) is -2.67. The van der Waals surface area contributed by atoms with Gasteiger partial charge in [0.1, 0.15) is 30.4 Å². The van der Waals surface area contributed by atoms with E-state index in [1.54, 1.807) is 12.1 Å². The van der Waals surface area contributed by atoms with Crippen LogP contribution in [0.15, 0.2) is 30.9 Å². The molecule has 0 unspecified atom stereocenters. The second-order valence-corrected chi connectivity index (χ2v) is 8.62. The number of imidazole rings is 1. The van der Waals surface area contributed by atoms with E-state index in [4.69, 9.17) is 26.1 Å². The predicted molar refractivity (Wildman–Crippen MR) is 110 cm³/mol. The summed E-state index contributed by atoms with van der Waals surface area (Å²) in [5.41, 5.74) is 1.05. The molecule has 1 fully saturated rings. The van der Waals surface area contributed by atoms with Crippen molar-refractivity contribution < 1.29 is 38.9 Å². The van der Waals surface area contributed by atoms with Gasteiger partial charge in [-0.2, -0.15) is 0 Å². The number of aromatic nitrogens is 4. The summed E-state index contributed by atoms with van der Waals surface area (Å²) >= 11 is 6.12. The Morgan fingerprint density at radius 2 is 2.00 bits per heavy atom. The van der Waals surface area contributed by atoms with Crippen molar-refractivity contribution in [3.63, 3.8) is 0 Å². The Morgan fingerprint density at radius 3 is 2.72 bits per heavy atom. The summed E-state index contributed by atoms with van der Waals surface area (Å²) in [6, 6.07) is 4.76. The zero-order chi connectivity index (χ0) is 23.0. The second kappa shape index (κ2) is 8.89. The summed E-state index contributed by atoms with van der Waals surface area (Å²) in [4.78, 5) is 30.2. The highest BCUT2D eigenvalue weighted by Crippen LogP contribution is 2.39. The fraction of sp³-hybridized carbons (Fsp3) is 0.353. The molecule has 4 rings (SSSR count). The summed E-state index contributed by atoms with van der Waals surface area (Å²) < 4.78 is 22.2. The molecular weight excluding hydrogens is 469 g/mol. The molecule has 172 valence electrons. The number of hydrogen-bond acceptors (Lipinski definition) is 10. The highest BCUT2D eigenvalue weighted by atomic mass is 35.5. The monoisotopic (exact) mass is 487 g/mol. The molecule has 3 heterocycles. The normalized spacial score (nSPS) is 23.7. The van der Waals surface area contributed by atoms with E-state index in [2.05, 4.69) is 24.8 Å². The van der Waals surface area contributed by atoms with Crippen LogP contribution in [-0.4, -0.2) is 69.5 Å². The number of nitrogens with zero attached hydrogens (tertiary/aromatic N) is 4. The first kappa shape index (κ1) is 22.8. The van der Waals surface area contributed by atoms with Crippen molar-refractivity contribution in [1.82, 2.24) is 19.5 Å². The van der Waals surface area contributed by atoms with E-state index >= 15 is 0 Å². The van der Waals surface area contributed by atoms with Crippen molar-refractivity contribution in [2.75, 3.05) is 11.9 Å². The van der Waals surface area contributed by atoms with Gasteiger partial charge in [-0.25, -0.2) is 19.5 Å². The Hall–Kier alpha value is -2.35. The van der Waals surface area contributed by atoms with Crippen LogP contribution in [0.25, 0.3) is 11.2 Å². The number of phosphoric ester groups is 1. The summed E-state index contributed by atoms with van der Waals surface area (Å²) in [5.74, 6) is 0.336. The van der Waals surface area contributed by atoms with Crippen molar-refractivity contribution in [1.29, 1.82) is 0 Å². The quantitative estimate of drug-likeness (QED) is 0.253. The van der Waals surface area contributed by atoms with Gasteiger partial charge in [0.25, 0.3) is 0 Å². The van der Waals surface area contributed by atoms with Crippen LogP contribution in [0.3, 0.4) is 0 Å². The number of aliphatic hydroxyl groups is 2. The highest BCUT2D eigenvalue weighted by molar-refractivity contribution is 7.46. The molecule has 1 aliphatic rings. The average Bonchev–Trinajstić information content (AvgIpc) is 3.27. The largest absolute Gasteiger partial charge is 0.508 e. The van der Waals surface area contributed by atoms with Gasteiger partial charge in [0, 0.05) is 17.1 Å². The smallest absolute Gasteiger partial charge is 0.469 e. The van der Waals surface area contributed by atoms with Crippen LogP contribution in [0.5, 0.6) is 5.75 Å². The maximum Gasteiger partial charge on any atom is 0.469 e. The number of anilines is 1. The van der Waals surface area contributed by atoms with Crippen molar-refractivity contribution in [3.8, 4) is 5.75 Å². The van der Waals surface area contributed by atoms with Crippen molar-refractivity contribution in [2.45, 2.75) is 31.1 Å². The molecule has 0 spiro atoms. The Kier molecular flexibility index (Phi) is 6.34. The molecule has 13 nitrogen and oxygen atoms in total. The molecule has 0 aliphatic carbocycles. The lowest BCUT2D eigenvalue weighted by atomic mass is 10.1. The van der Waals surface area contributed by atoms with E-state index < -0.39 is 39.0 Å². The van der Waals surface area contributed by atoms with Crippen LogP contribution in [0.4, 0.5) is 5.82 Å². The minimum absolute atomic E-state index is 0.0147. The molecule has 2 aromatic heterocycles. The lowest BCUT2D eigenvalue weighted by Gasteiger charge is -2.16. The first-order chi connectivity index (χ1) is 15.2. The van der Waals surface area contributed by atoms with Crippen LogP contribution in [-0.2, 0) is 20.4 Å². The number of nitrogens with one attached hydrogen (secondary N) is 1. The molecule has 3 aromatic rings. The lowest BCUT2D eigenvalue weighted by Crippen LogP contribution is -2.33. The number of phenolic OH excluding ortho intramolecular Hbond substituents is 1. The lowest BCUT2D eigenvalue weighted by molar-refractivity contribution is -0.0504. The van der Waals surface area contributed by atoms with Gasteiger partial charge in [0.15, 0.2) is 23.2 Å². The van der Waals surface area contributed by atoms with Gasteiger partial charge in [0.2, 0.25) is 0 Å². The first-order valence-corrected chi connectivity index (χ1v) is 11.2. The van der Waals surface area contributed by atoms with E-state index in [0.29, 0.717) is 21.9 Å². The van der Waals surface area contributed by atoms with Gasteiger partial charge in [0.05, 0.1) is 12.9 Å². The standard InChI is InChI=1S/C17H19ClN5O8P/c18-9-2-1-3-10(24)8(9)4-19-15-12-16(21-6-20-15)23(7-22-12)17-14(26)13(25)11(31-17)5-30-32(27,28)29/h1-3,6-7,11,13-14,17,24-26H,4-5H2,(H,19,20,21)(H2,27,28,29)/t11-,13-,14-,17-/m1/s1. The van der Waals surface area contributed by atoms with Crippen LogP contribution in [0.1, 0.15) is 11.8 Å². The zero-order valence-corrected chi connectivity index (χ0v) is 17.8. The van der Waals surface area contributed by atoms with Gasteiger partial charge in [-0.1, -0.05) is 17.7 Å². The van der Waals surface area contributed by atoms with Crippen LogP contribution in [0, 0.1) is 0 Å². The Bertz CT molecular complexity index is 1150. The molecule has 0 radical (unpaired) electrons. The van der Waals surface area contributed by atoms with Gasteiger partial charge in [-0.05, 0) is 12.1 Å². The van der Waals surface area contributed by atoms with E-state index in [1.165, 1.54) is 23.3 Å². The third-order valence-corrected chi connectivity index (χ3v) is 5.74. The van der Waals surface area contributed by atoms with Crippen molar-refractivity contribution >= 4 is 36.4 Å². The number of phosphoric acid groups is 1. The zero-order valence-electron chi connectivity index (χ0n) is 16.2. The van der Waals surface area contributed by atoms with Crippen LogP contribution in [0.2, 0.25) is 5.02 Å². The summed E-state index contributed by atoms with van der Waals surface area (Å²) in [5, 5.41) is 34.0. The van der Waals surface area contributed by atoms with Gasteiger partial charge < -0.3 is 35.2 Å². The fourth-order valence-corrected chi connectivity index (χ4v) is 3.91. The number of benzene rings is 1. The Balaban J connectivity index is 1.56. The minimum atomic E-state index is -4.78. The number of hydrogen-bond donors (Lipinski definition) is 6. The molecule has 6 N–H and O–H groups in total. The number of phenols is 1. The molecule has 0 saturated carbocycles. The third-order valence-electron chi connectivity index (χ3n) is 4.90. The van der Waals surface area contributed by atoms with Crippen molar-refractivity contribution in [2.24, 2.45) is 0 Å². The Labute approximate surface area is 185 Å². The van der Waals surface area contributed by atoms with Gasteiger partial charge in [-0.15, -0.1) is 0 Å². The Morgan fingerprint density at radius 1 is 1.22 bits per heavy atom. The number of fused-ring (bicyclic) bond motifs is 1. The molecule has 15 heteroatoms. The highest BCUT2D eigenvalue weighted by Gasteiger charge is 2.45. The number of ether oxygens (including phenoxy) is 1. The molecule has 0 bridgehead atoms. The molecular formula is C17H19ClN5O8P. The number of aromatic hydroxyl groups is 1. The van der Waals surface area contributed by atoms with E-state index in [-0.39, 0.29) is 17.9 Å². The van der Waals surface area contributed by atoms with Crippen molar-refractivity contribution in [3.05, 3.63) is 41.4 Å². The topological polar surface area (TPSA) is 192 Å². The maximum atomic E-state index is 10.9. The van der Waals surface area contributed by atoms with Gasteiger partial charge in [-0.3, -0.25) is 9.09 Å². The number of aliphatic hydroxyl groups excluding tert-OH is 2. The third kappa shape index (κ3) is 4.56. The summed E-state index contributed by atoms with van der Waals surface area (Å²) in [6.45, 7) is -0.484. The molecule has 4 atom stereocenters. The molecule has 1 aliphatic heterocycles. The fourth-order valence-electron chi connectivity index (χ4n) is 3.33. The van der Waals surface area contributed by atoms with Gasteiger partial charge >= 0.3 is 7.82 Å². The minimum Gasteiger partial charge on any atom is -0.508 e. The molecule has 0 amide bonds. The first-order valence-electron chi connectivity index (χ1n) is 9.25. The molecule has 1 saturated heterocycles. The van der Waals surface area contributed by atoms with E-state index in [9.17, 15) is 19.9 Å². The summed E-state index contributed by atoms with van der Waals surface area (Å²) in [7, 11) is -4.78. The van der Waals surface area contributed by atoms with E-state index in [1.807, 2.05) is 0 Å². The van der Waals surface area contributed by atoms with Crippen LogP contribution >= 0.6 is 19.4 Å². The van der Waals surface area contributed by atoms with E-state index in [0.717, 1.165) is 0 Å². The van der Waals surface area contributed by atoms with Crippen LogP contribution < -0.4 is 5.32 Å². The molecule has 1 aromatic carbocycles. The average molecular weight is 488 g/mol. The second-order valence-electron chi connectivity index (χ2n) is 6.97. The molecule has 32 heavy (non-hydrogen) atoms.